The lowest BCUT2D eigenvalue weighted by atomic mass is 10.2. The number of sulfonamides is 1. The first-order chi connectivity index (χ1) is 11.7. The van der Waals surface area contributed by atoms with Crippen LogP contribution in [0.1, 0.15) is 10.4 Å². The average Bonchev–Trinajstić information content (AvgIpc) is 2.56. The molecule has 2 N–H and O–H groups in total. The lowest BCUT2D eigenvalue weighted by molar-refractivity contribution is 0.102. The molecule has 1 amide bonds. The van der Waals surface area contributed by atoms with E-state index in [9.17, 15) is 22.0 Å². The number of rotatable bonds is 6. The number of benzene rings is 2. The van der Waals surface area contributed by atoms with Crippen LogP contribution in [0.2, 0.25) is 5.02 Å². The Morgan fingerprint density at radius 1 is 1.16 bits per heavy atom. The molecule has 0 aromatic heterocycles. The van der Waals surface area contributed by atoms with Gasteiger partial charge >= 0.3 is 0 Å². The van der Waals surface area contributed by atoms with Crippen molar-refractivity contribution in [2.24, 2.45) is 0 Å². The van der Waals surface area contributed by atoms with Gasteiger partial charge in [0.25, 0.3) is 5.91 Å². The van der Waals surface area contributed by atoms with Crippen LogP contribution in [0.15, 0.2) is 53.9 Å². The zero-order valence-corrected chi connectivity index (χ0v) is 14.3. The molecule has 0 bridgehead atoms. The number of amides is 1. The molecule has 0 saturated heterocycles. The van der Waals surface area contributed by atoms with E-state index in [1.807, 2.05) is 0 Å². The molecule has 0 unspecified atom stereocenters. The number of hydrogen-bond donors (Lipinski definition) is 2. The number of halogens is 3. The van der Waals surface area contributed by atoms with Crippen molar-refractivity contribution in [3.8, 4) is 0 Å². The van der Waals surface area contributed by atoms with Gasteiger partial charge in [0, 0.05) is 17.8 Å². The predicted molar refractivity (Wildman–Crippen MR) is 91.1 cm³/mol. The third-order valence-corrected chi connectivity index (χ3v) is 4.81. The Labute approximate surface area is 148 Å². The Kier molecular flexibility index (Phi) is 5.89. The van der Waals surface area contributed by atoms with E-state index in [2.05, 4.69) is 16.6 Å². The second-order valence-corrected chi connectivity index (χ2v) is 7.01. The molecular formula is C16H13ClF2N2O3S. The Morgan fingerprint density at radius 3 is 2.48 bits per heavy atom. The maximum atomic E-state index is 13.8. The van der Waals surface area contributed by atoms with Crippen LogP contribution in [0.3, 0.4) is 0 Å². The third-order valence-electron chi connectivity index (χ3n) is 3.08. The van der Waals surface area contributed by atoms with Crippen LogP contribution in [0, 0.1) is 11.6 Å². The van der Waals surface area contributed by atoms with Crippen molar-refractivity contribution < 1.29 is 22.0 Å². The van der Waals surface area contributed by atoms with E-state index in [0.717, 1.165) is 24.3 Å². The summed E-state index contributed by atoms with van der Waals surface area (Å²) in [6.45, 7) is 3.27. The summed E-state index contributed by atoms with van der Waals surface area (Å²) in [4.78, 5) is 11.5. The quantitative estimate of drug-likeness (QED) is 0.748. The molecule has 0 fully saturated rings. The van der Waals surface area contributed by atoms with Crippen LogP contribution < -0.4 is 10.0 Å². The topological polar surface area (TPSA) is 75.3 Å². The fourth-order valence-corrected chi connectivity index (χ4v) is 3.15. The first-order valence-electron chi connectivity index (χ1n) is 6.91. The molecule has 0 radical (unpaired) electrons. The summed E-state index contributed by atoms with van der Waals surface area (Å²) >= 11 is 5.63. The van der Waals surface area contributed by atoms with Crippen molar-refractivity contribution in [1.29, 1.82) is 0 Å². The van der Waals surface area contributed by atoms with Crippen molar-refractivity contribution in [2.75, 3.05) is 11.9 Å². The van der Waals surface area contributed by atoms with Gasteiger partial charge in [-0.05, 0) is 36.4 Å². The highest BCUT2D eigenvalue weighted by atomic mass is 35.5. The zero-order valence-electron chi connectivity index (χ0n) is 12.7. The largest absolute Gasteiger partial charge is 0.322 e. The molecule has 2 aromatic rings. The molecule has 0 atom stereocenters. The molecular weight excluding hydrogens is 374 g/mol. The molecule has 2 aromatic carbocycles. The minimum absolute atomic E-state index is 0.0910. The normalized spacial score (nSPS) is 11.2. The average molecular weight is 387 g/mol. The Bertz CT molecular complexity index is 933. The summed E-state index contributed by atoms with van der Waals surface area (Å²) in [7, 11) is -4.14. The van der Waals surface area contributed by atoms with Crippen LogP contribution in [0.5, 0.6) is 0 Å². The van der Waals surface area contributed by atoms with Crippen molar-refractivity contribution in [3.05, 3.63) is 71.3 Å². The van der Waals surface area contributed by atoms with Crippen LogP contribution in [0.4, 0.5) is 14.5 Å². The highest BCUT2D eigenvalue weighted by molar-refractivity contribution is 7.89. The smallest absolute Gasteiger partial charge is 0.255 e. The summed E-state index contributed by atoms with van der Waals surface area (Å²) in [6.07, 6.45) is 1.30. The van der Waals surface area contributed by atoms with E-state index in [0.29, 0.717) is 0 Å². The SMILES string of the molecule is C=CCNS(=O)(=O)c1cc(C(=O)Nc2ccc(F)c(Cl)c2)ccc1F. The van der Waals surface area contributed by atoms with Gasteiger partial charge in [0.05, 0.1) is 5.02 Å². The molecule has 5 nitrogen and oxygen atoms in total. The molecule has 0 saturated carbocycles. The first kappa shape index (κ1) is 19.0. The monoisotopic (exact) mass is 386 g/mol. The highest BCUT2D eigenvalue weighted by Gasteiger charge is 2.20. The fourth-order valence-electron chi connectivity index (χ4n) is 1.87. The molecule has 0 heterocycles. The van der Waals surface area contributed by atoms with E-state index in [1.165, 1.54) is 18.2 Å². The van der Waals surface area contributed by atoms with Crippen LogP contribution in [-0.4, -0.2) is 20.9 Å². The standard InChI is InChI=1S/C16H13ClF2N2O3S/c1-2-7-20-25(23,24)15-8-10(3-5-14(15)19)16(22)21-11-4-6-13(18)12(17)9-11/h2-6,8-9,20H,1,7H2,(H,21,22). The Hall–Kier alpha value is -2.29. The van der Waals surface area contributed by atoms with Gasteiger partial charge in [0.15, 0.2) is 0 Å². The summed E-state index contributed by atoms with van der Waals surface area (Å²) in [5, 5.41) is 2.24. The van der Waals surface area contributed by atoms with Crippen LogP contribution in [-0.2, 0) is 10.0 Å². The third kappa shape index (κ3) is 4.62. The van der Waals surface area contributed by atoms with Gasteiger partial charge in [0.1, 0.15) is 16.5 Å². The van der Waals surface area contributed by atoms with E-state index in [-0.39, 0.29) is 22.8 Å². The van der Waals surface area contributed by atoms with Gasteiger partial charge in [-0.2, -0.15) is 0 Å². The summed E-state index contributed by atoms with van der Waals surface area (Å²) in [5.74, 6) is -2.36. The number of nitrogens with one attached hydrogen (secondary N) is 2. The Balaban J connectivity index is 2.30. The molecule has 0 spiro atoms. The van der Waals surface area contributed by atoms with Gasteiger partial charge in [0.2, 0.25) is 10.0 Å². The second kappa shape index (κ2) is 7.73. The zero-order chi connectivity index (χ0) is 18.6. The molecule has 25 heavy (non-hydrogen) atoms. The Morgan fingerprint density at radius 2 is 1.84 bits per heavy atom. The maximum Gasteiger partial charge on any atom is 0.255 e. The van der Waals surface area contributed by atoms with Gasteiger partial charge in [-0.3, -0.25) is 4.79 Å². The number of hydrogen-bond acceptors (Lipinski definition) is 3. The molecule has 132 valence electrons. The van der Waals surface area contributed by atoms with Crippen molar-refractivity contribution >= 4 is 33.2 Å². The number of carbonyl (C=O) groups excluding carboxylic acids is 1. The first-order valence-corrected chi connectivity index (χ1v) is 8.77. The van der Waals surface area contributed by atoms with Crippen molar-refractivity contribution in [3.63, 3.8) is 0 Å². The van der Waals surface area contributed by atoms with Crippen molar-refractivity contribution in [2.45, 2.75) is 4.90 Å². The molecule has 0 aliphatic carbocycles. The minimum Gasteiger partial charge on any atom is -0.322 e. The maximum absolute atomic E-state index is 13.8. The van der Waals surface area contributed by atoms with Crippen LogP contribution >= 0.6 is 11.6 Å². The predicted octanol–water partition coefficient (Wildman–Crippen LogP) is 3.33. The molecule has 9 heteroatoms. The van der Waals surface area contributed by atoms with Crippen molar-refractivity contribution in [1.82, 2.24) is 4.72 Å². The summed E-state index contributed by atoms with van der Waals surface area (Å²) < 4.78 is 53.2. The molecule has 0 aliphatic rings. The molecule has 0 aliphatic heterocycles. The van der Waals surface area contributed by atoms with E-state index in [4.69, 9.17) is 11.6 Å². The van der Waals surface area contributed by atoms with Crippen LogP contribution in [0.25, 0.3) is 0 Å². The minimum atomic E-state index is -4.14. The van der Waals surface area contributed by atoms with E-state index < -0.39 is 32.5 Å². The number of carbonyl (C=O) groups is 1. The highest BCUT2D eigenvalue weighted by Crippen LogP contribution is 2.21. The second-order valence-electron chi connectivity index (χ2n) is 4.87. The van der Waals surface area contributed by atoms with Gasteiger partial charge in [-0.25, -0.2) is 21.9 Å². The lowest BCUT2D eigenvalue weighted by Crippen LogP contribution is -2.25. The van der Waals surface area contributed by atoms with E-state index >= 15 is 0 Å². The number of anilines is 1. The molecule has 2 rings (SSSR count). The van der Waals surface area contributed by atoms with Gasteiger partial charge in [-0.15, -0.1) is 6.58 Å². The summed E-state index contributed by atoms with van der Waals surface area (Å²) in [5.41, 5.74) is 0.107. The lowest BCUT2D eigenvalue weighted by Gasteiger charge is -2.09. The van der Waals surface area contributed by atoms with Gasteiger partial charge in [-0.1, -0.05) is 17.7 Å². The summed E-state index contributed by atoms with van der Waals surface area (Å²) in [6, 6.07) is 6.45. The fraction of sp³-hybridized carbons (Fsp3) is 0.0625. The van der Waals surface area contributed by atoms with Gasteiger partial charge < -0.3 is 5.32 Å². The van der Waals surface area contributed by atoms with E-state index in [1.54, 1.807) is 0 Å².